The highest BCUT2D eigenvalue weighted by molar-refractivity contribution is 5.86. The Morgan fingerprint density at radius 1 is 1.53 bits per heavy atom. The first-order chi connectivity index (χ1) is 6.79. The zero-order chi connectivity index (χ0) is 12.1. The number of oxime groups is 1. The average Bonchev–Trinajstić information content (AvgIpc) is 2.12. The topological polar surface area (TPSA) is 87.7 Å². The summed E-state index contributed by atoms with van der Waals surface area (Å²) in [6.07, 6.45) is 0.492. The van der Waals surface area contributed by atoms with Gasteiger partial charge in [0.05, 0.1) is 0 Å². The molecule has 0 saturated heterocycles. The molecule has 0 heterocycles. The Bertz CT molecular complexity index is 247. The van der Waals surface area contributed by atoms with Crippen molar-refractivity contribution < 1.29 is 10.0 Å². The van der Waals surface area contributed by atoms with Crippen LogP contribution in [0.1, 0.15) is 34.1 Å². The second-order valence-corrected chi connectivity index (χ2v) is 4.74. The number of nitrogens with zero attached hydrogens (tertiary/aromatic N) is 1. The molecule has 15 heavy (non-hydrogen) atoms. The summed E-state index contributed by atoms with van der Waals surface area (Å²) in [5.74, 6) is 0.438. The maximum Gasteiger partial charge on any atom is 0.220 e. The van der Waals surface area contributed by atoms with Gasteiger partial charge >= 0.3 is 0 Å². The molecule has 0 aromatic rings. The van der Waals surface area contributed by atoms with Gasteiger partial charge in [0, 0.05) is 18.4 Å². The molecule has 0 aromatic heterocycles. The van der Waals surface area contributed by atoms with Gasteiger partial charge in [0.15, 0.2) is 0 Å². The molecule has 0 aliphatic rings. The number of amides is 1. The van der Waals surface area contributed by atoms with E-state index in [0.717, 1.165) is 0 Å². The van der Waals surface area contributed by atoms with Crippen LogP contribution in [-0.4, -0.2) is 23.5 Å². The molecule has 4 N–H and O–H groups in total. The van der Waals surface area contributed by atoms with Crippen LogP contribution in [0.15, 0.2) is 5.16 Å². The Hall–Kier alpha value is -1.26. The van der Waals surface area contributed by atoms with E-state index in [4.69, 9.17) is 10.9 Å². The molecule has 0 aliphatic heterocycles. The molecule has 5 heteroatoms. The van der Waals surface area contributed by atoms with Gasteiger partial charge in [0.25, 0.3) is 0 Å². The lowest BCUT2D eigenvalue weighted by atomic mass is 9.92. The van der Waals surface area contributed by atoms with E-state index in [1.807, 2.05) is 13.8 Å². The zero-order valence-corrected chi connectivity index (χ0v) is 9.87. The second kappa shape index (κ2) is 5.58. The fraction of sp³-hybridized carbons (Fsp3) is 0.800. The molecule has 0 aliphatic carbocycles. The number of nitrogens with one attached hydrogen (secondary N) is 1. The maximum absolute atomic E-state index is 11.4. The monoisotopic (exact) mass is 215 g/mol. The summed E-state index contributed by atoms with van der Waals surface area (Å²) < 4.78 is 0. The summed E-state index contributed by atoms with van der Waals surface area (Å²) in [5.41, 5.74) is 4.96. The summed E-state index contributed by atoms with van der Waals surface area (Å²) in [6.45, 7) is 7.94. The number of hydrogen-bond acceptors (Lipinski definition) is 3. The predicted octanol–water partition coefficient (Wildman–Crippen LogP) is 0.921. The van der Waals surface area contributed by atoms with Gasteiger partial charge in [-0.3, -0.25) is 4.79 Å². The van der Waals surface area contributed by atoms with Crippen molar-refractivity contribution >= 4 is 11.7 Å². The molecule has 0 rings (SSSR count). The van der Waals surface area contributed by atoms with Crippen LogP contribution in [0.4, 0.5) is 0 Å². The van der Waals surface area contributed by atoms with E-state index in [1.165, 1.54) is 0 Å². The number of carbonyl (C=O) groups is 1. The van der Waals surface area contributed by atoms with E-state index in [0.29, 0.717) is 18.9 Å². The molecular formula is C10H21N3O2. The highest BCUT2D eigenvalue weighted by Gasteiger charge is 2.24. The molecule has 5 nitrogen and oxygen atoms in total. The Labute approximate surface area is 90.7 Å². The SMILES string of the molecule is CC(C)CC(=O)NCC(C)(C)C(N)=NO. The molecule has 0 atom stereocenters. The first-order valence-corrected chi connectivity index (χ1v) is 5.04. The number of hydrogen-bond donors (Lipinski definition) is 3. The van der Waals surface area contributed by atoms with E-state index in [1.54, 1.807) is 13.8 Å². The molecule has 0 bridgehead atoms. The Morgan fingerprint density at radius 3 is 2.47 bits per heavy atom. The van der Waals surface area contributed by atoms with E-state index in [2.05, 4.69) is 10.5 Å². The zero-order valence-electron chi connectivity index (χ0n) is 9.87. The summed E-state index contributed by atoms with van der Waals surface area (Å²) >= 11 is 0. The van der Waals surface area contributed by atoms with Crippen LogP contribution in [0.2, 0.25) is 0 Å². The first kappa shape index (κ1) is 13.7. The Kier molecular flexibility index (Phi) is 5.11. The molecule has 0 fully saturated rings. The molecule has 0 saturated carbocycles. The first-order valence-electron chi connectivity index (χ1n) is 5.04. The Balaban J connectivity index is 4.10. The van der Waals surface area contributed by atoms with Crippen LogP contribution >= 0.6 is 0 Å². The van der Waals surface area contributed by atoms with Crippen LogP contribution < -0.4 is 11.1 Å². The molecule has 88 valence electrons. The molecular weight excluding hydrogens is 194 g/mol. The van der Waals surface area contributed by atoms with E-state index in [9.17, 15) is 4.79 Å². The number of amidine groups is 1. The van der Waals surface area contributed by atoms with Crippen molar-refractivity contribution in [1.82, 2.24) is 5.32 Å². The lowest BCUT2D eigenvalue weighted by Gasteiger charge is -2.23. The molecule has 1 amide bonds. The van der Waals surface area contributed by atoms with Crippen molar-refractivity contribution in [2.75, 3.05) is 6.54 Å². The second-order valence-electron chi connectivity index (χ2n) is 4.74. The van der Waals surface area contributed by atoms with Crippen molar-refractivity contribution in [3.05, 3.63) is 0 Å². The fourth-order valence-corrected chi connectivity index (χ4v) is 0.988. The van der Waals surface area contributed by atoms with Gasteiger partial charge in [0.1, 0.15) is 5.84 Å². The summed E-state index contributed by atoms with van der Waals surface area (Å²) in [5, 5.41) is 14.2. The lowest BCUT2D eigenvalue weighted by Crippen LogP contribution is -2.42. The van der Waals surface area contributed by atoms with Gasteiger partial charge in [-0.2, -0.15) is 0 Å². The van der Waals surface area contributed by atoms with Crippen molar-refractivity contribution in [1.29, 1.82) is 0 Å². The van der Waals surface area contributed by atoms with Crippen molar-refractivity contribution in [3.63, 3.8) is 0 Å². The van der Waals surface area contributed by atoms with Gasteiger partial charge in [-0.15, -0.1) is 0 Å². The minimum atomic E-state index is -0.526. The highest BCUT2D eigenvalue weighted by atomic mass is 16.4. The van der Waals surface area contributed by atoms with Crippen molar-refractivity contribution in [3.8, 4) is 0 Å². The van der Waals surface area contributed by atoms with Gasteiger partial charge in [-0.1, -0.05) is 32.9 Å². The van der Waals surface area contributed by atoms with Crippen LogP contribution in [0.5, 0.6) is 0 Å². The highest BCUT2D eigenvalue weighted by Crippen LogP contribution is 2.13. The molecule has 0 radical (unpaired) electrons. The van der Waals surface area contributed by atoms with E-state index >= 15 is 0 Å². The third-order valence-electron chi connectivity index (χ3n) is 2.12. The predicted molar refractivity (Wildman–Crippen MR) is 59.7 cm³/mol. The maximum atomic E-state index is 11.4. The van der Waals surface area contributed by atoms with Gasteiger partial charge in [-0.25, -0.2) is 0 Å². The third-order valence-corrected chi connectivity index (χ3v) is 2.12. The van der Waals surface area contributed by atoms with Crippen LogP contribution in [0, 0.1) is 11.3 Å². The fourth-order valence-electron chi connectivity index (χ4n) is 0.988. The van der Waals surface area contributed by atoms with Crippen molar-refractivity contribution in [2.45, 2.75) is 34.1 Å². The minimum Gasteiger partial charge on any atom is -0.409 e. The quantitative estimate of drug-likeness (QED) is 0.276. The van der Waals surface area contributed by atoms with Gasteiger partial charge < -0.3 is 16.3 Å². The van der Waals surface area contributed by atoms with Crippen LogP contribution in [0.3, 0.4) is 0 Å². The van der Waals surface area contributed by atoms with E-state index < -0.39 is 5.41 Å². The Morgan fingerprint density at radius 2 is 2.07 bits per heavy atom. The number of rotatable bonds is 5. The number of carbonyl (C=O) groups excluding carboxylic acids is 1. The van der Waals surface area contributed by atoms with Crippen LogP contribution in [0.25, 0.3) is 0 Å². The van der Waals surface area contributed by atoms with Crippen LogP contribution in [-0.2, 0) is 4.79 Å². The number of nitrogens with two attached hydrogens (primary N) is 1. The lowest BCUT2D eigenvalue weighted by molar-refractivity contribution is -0.122. The summed E-state index contributed by atoms with van der Waals surface area (Å²) in [7, 11) is 0. The molecule has 0 aromatic carbocycles. The molecule has 0 spiro atoms. The van der Waals surface area contributed by atoms with Crippen molar-refractivity contribution in [2.24, 2.45) is 22.2 Å². The third kappa shape index (κ3) is 5.24. The summed E-state index contributed by atoms with van der Waals surface area (Å²) in [4.78, 5) is 11.4. The van der Waals surface area contributed by atoms with E-state index in [-0.39, 0.29) is 11.7 Å². The van der Waals surface area contributed by atoms with Gasteiger partial charge in [-0.05, 0) is 5.92 Å². The summed E-state index contributed by atoms with van der Waals surface area (Å²) in [6, 6.07) is 0. The average molecular weight is 215 g/mol. The standard InChI is InChI=1S/C10H21N3O2/c1-7(2)5-8(14)12-6-10(3,4)9(11)13-15/h7,15H,5-6H2,1-4H3,(H2,11,13)(H,12,14). The normalized spacial score (nSPS) is 13.0. The minimum absolute atomic E-state index is 0.0104. The molecule has 0 unspecified atom stereocenters. The largest absolute Gasteiger partial charge is 0.409 e. The van der Waals surface area contributed by atoms with Gasteiger partial charge in [0.2, 0.25) is 5.91 Å². The smallest absolute Gasteiger partial charge is 0.220 e.